The molecule has 5 heterocycles. The van der Waals surface area contributed by atoms with Gasteiger partial charge in [-0.1, -0.05) is 6.92 Å². The van der Waals surface area contributed by atoms with Gasteiger partial charge in [0.25, 0.3) is 0 Å². The lowest BCUT2D eigenvalue weighted by molar-refractivity contribution is 0.122. The summed E-state index contributed by atoms with van der Waals surface area (Å²) in [6, 6.07) is 6.65. The number of benzene rings is 1. The number of nitrogens with one attached hydrogen (secondary N) is 3. The number of hydrogen-bond acceptors (Lipinski definition) is 9. The van der Waals surface area contributed by atoms with Crippen LogP contribution in [0.15, 0.2) is 35.4 Å². The average Bonchev–Trinajstić information content (AvgIpc) is 3.66. The van der Waals surface area contributed by atoms with Gasteiger partial charge in [0.1, 0.15) is 16.5 Å². The fourth-order valence-electron chi connectivity index (χ4n) is 7.22. The van der Waals surface area contributed by atoms with Crippen molar-refractivity contribution in [2.24, 2.45) is 5.92 Å². The Morgan fingerprint density at radius 3 is 2.74 bits per heavy atom. The van der Waals surface area contributed by atoms with Gasteiger partial charge in [-0.15, -0.1) is 0 Å². The number of morpholine rings is 1. The van der Waals surface area contributed by atoms with Crippen LogP contribution in [-0.2, 0) is 34.1 Å². The number of aromatic hydroxyl groups is 1. The highest BCUT2D eigenvalue weighted by Gasteiger charge is 2.43. The number of ether oxygens (including phenoxy) is 1. The summed E-state index contributed by atoms with van der Waals surface area (Å²) in [5, 5.41) is 9.86. The van der Waals surface area contributed by atoms with E-state index in [0.717, 1.165) is 72.9 Å². The van der Waals surface area contributed by atoms with Crippen molar-refractivity contribution in [3.8, 4) is 5.75 Å². The summed E-state index contributed by atoms with van der Waals surface area (Å²) in [5.74, 6) is 1.23. The fourth-order valence-corrected chi connectivity index (χ4v) is 8.58. The summed E-state index contributed by atoms with van der Waals surface area (Å²) < 4.78 is 48.2. The summed E-state index contributed by atoms with van der Waals surface area (Å²) >= 11 is 0. The van der Waals surface area contributed by atoms with E-state index >= 15 is 0 Å². The molecule has 1 aliphatic carbocycles. The van der Waals surface area contributed by atoms with Crippen LogP contribution in [0.1, 0.15) is 66.5 Å². The van der Waals surface area contributed by atoms with Gasteiger partial charge in [0.15, 0.2) is 11.6 Å². The number of aromatic nitrogens is 3. The third-order valence-corrected chi connectivity index (χ3v) is 11.4. The highest BCUT2D eigenvalue weighted by molar-refractivity contribution is 7.89. The molecular formula is C30H38FN7O4S. The predicted octanol–water partition coefficient (Wildman–Crippen LogP) is 2.90. The molecule has 4 atom stereocenters. The van der Waals surface area contributed by atoms with Gasteiger partial charge in [-0.2, -0.15) is 4.31 Å². The first-order valence-corrected chi connectivity index (χ1v) is 16.6. The molecule has 2 saturated heterocycles. The number of phenols is 1. The molecule has 1 saturated carbocycles. The standard InChI is InChI=1S/C30H38FN7O4S/c1-2-18-14-27(39)23(31)15-22(18)19-3-5-21-25(13-19)35-36-29(21)30-33-24-7-8-38(17-26(24)34-30)43(40,41)20-4-6-28(32-16-20)37-9-11-42-12-10-37/h4,6,14-16,19,21,25,29,35-36,39H,2-3,5,7-13,17H2,1H3,(H,33,34). The molecule has 43 heavy (non-hydrogen) atoms. The first kappa shape index (κ1) is 28.7. The first-order valence-electron chi connectivity index (χ1n) is 15.2. The zero-order valence-corrected chi connectivity index (χ0v) is 25.0. The molecule has 11 nitrogen and oxygen atoms in total. The largest absolute Gasteiger partial charge is 0.505 e. The number of hydrogen-bond donors (Lipinski definition) is 4. The number of aromatic amines is 1. The summed E-state index contributed by atoms with van der Waals surface area (Å²) in [5.41, 5.74) is 10.6. The van der Waals surface area contributed by atoms with Crippen LogP contribution >= 0.6 is 0 Å². The average molecular weight is 612 g/mol. The maximum atomic E-state index is 14.3. The van der Waals surface area contributed by atoms with Gasteiger partial charge in [-0.25, -0.2) is 28.2 Å². The number of imidazole rings is 1. The monoisotopic (exact) mass is 611 g/mol. The quantitative estimate of drug-likeness (QED) is 0.332. The number of phenolic OH excluding ortho intramolecular Hbond substituents is 1. The summed E-state index contributed by atoms with van der Waals surface area (Å²) in [4.78, 5) is 15.1. The van der Waals surface area contributed by atoms with Crippen LogP contribution in [0.2, 0.25) is 0 Å². The lowest BCUT2D eigenvalue weighted by Gasteiger charge is -2.33. The third-order valence-electron chi connectivity index (χ3n) is 9.59. The highest BCUT2D eigenvalue weighted by atomic mass is 32.2. The smallest absolute Gasteiger partial charge is 0.244 e. The number of fused-ring (bicyclic) bond motifs is 2. The Kier molecular flexibility index (Phi) is 7.62. The van der Waals surface area contributed by atoms with Crippen LogP contribution in [0, 0.1) is 11.7 Å². The van der Waals surface area contributed by atoms with E-state index in [2.05, 4.69) is 25.7 Å². The minimum atomic E-state index is -3.72. The number of aryl methyl sites for hydroxylation is 1. The Bertz CT molecular complexity index is 1590. The van der Waals surface area contributed by atoms with Crippen LogP contribution in [0.25, 0.3) is 0 Å². The van der Waals surface area contributed by atoms with Crippen LogP contribution in [-0.4, -0.2) is 71.7 Å². The Balaban J connectivity index is 1.03. The highest BCUT2D eigenvalue weighted by Crippen LogP contribution is 2.44. The van der Waals surface area contributed by atoms with E-state index in [9.17, 15) is 17.9 Å². The van der Waals surface area contributed by atoms with E-state index in [1.807, 2.05) is 6.92 Å². The molecule has 7 rings (SSSR count). The zero-order chi connectivity index (χ0) is 29.7. The van der Waals surface area contributed by atoms with E-state index in [0.29, 0.717) is 32.1 Å². The van der Waals surface area contributed by atoms with Crippen molar-refractivity contribution in [2.45, 2.75) is 68.5 Å². The molecule has 4 N–H and O–H groups in total. The molecule has 3 aromatic rings. The molecule has 3 aliphatic heterocycles. The van der Waals surface area contributed by atoms with Gasteiger partial charge in [0.05, 0.1) is 37.2 Å². The van der Waals surface area contributed by atoms with E-state index in [4.69, 9.17) is 9.72 Å². The summed E-state index contributed by atoms with van der Waals surface area (Å²) in [7, 11) is -3.72. The lowest BCUT2D eigenvalue weighted by Crippen LogP contribution is -2.37. The van der Waals surface area contributed by atoms with Gasteiger partial charge < -0.3 is 19.7 Å². The summed E-state index contributed by atoms with van der Waals surface area (Å²) in [6.07, 6.45) is 5.44. The zero-order valence-electron chi connectivity index (χ0n) is 24.2. The minimum absolute atomic E-state index is 0.0271. The van der Waals surface area contributed by atoms with Crippen molar-refractivity contribution >= 4 is 15.8 Å². The summed E-state index contributed by atoms with van der Waals surface area (Å²) in [6.45, 7) is 5.37. The minimum Gasteiger partial charge on any atom is -0.505 e. The Morgan fingerprint density at radius 2 is 1.98 bits per heavy atom. The molecule has 13 heteroatoms. The predicted molar refractivity (Wildman–Crippen MR) is 157 cm³/mol. The molecule has 0 radical (unpaired) electrons. The fraction of sp³-hybridized carbons (Fsp3) is 0.533. The van der Waals surface area contributed by atoms with Crippen LogP contribution < -0.4 is 15.8 Å². The molecule has 4 unspecified atom stereocenters. The topological polar surface area (TPSA) is 136 Å². The maximum absolute atomic E-state index is 14.3. The number of pyridine rings is 1. The van der Waals surface area contributed by atoms with Crippen LogP contribution in [0.5, 0.6) is 5.75 Å². The molecule has 230 valence electrons. The van der Waals surface area contributed by atoms with Gasteiger partial charge in [0, 0.05) is 38.3 Å². The number of sulfonamides is 1. The van der Waals surface area contributed by atoms with Crippen molar-refractivity contribution in [1.29, 1.82) is 0 Å². The van der Waals surface area contributed by atoms with E-state index in [1.165, 1.54) is 16.6 Å². The maximum Gasteiger partial charge on any atom is 0.244 e. The second kappa shape index (κ2) is 11.4. The van der Waals surface area contributed by atoms with Crippen LogP contribution in [0.3, 0.4) is 0 Å². The Hall–Kier alpha value is -3.10. The third kappa shape index (κ3) is 5.31. The Morgan fingerprint density at radius 1 is 1.14 bits per heavy atom. The second-order valence-electron chi connectivity index (χ2n) is 12.0. The van der Waals surface area contributed by atoms with Gasteiger partial charge in [0.2, 0.25) is 10.0 Å². The molecule has 2 aromatic heterocycles. The second-order valence-corrected chi connectivity index (χ2v) is 13.9. The van der Waals surface area contributed by atoms with Crippen molar-refractivity contribution in [2.75, 3.05) is 37.7 Å². The number of nitrogens with zero attached hydrogens (tertiary/aromatic N) is 4. The molecule has 0 bridgehead atoms. The number of anilines is 1. The van der Waals surface area contributed by atoms with E-state index < -0.39 is 15.8 Å². The van der Waals surface area contributed by atoms with Crippen molar-refractivity contribution in [3.63, 3.8) is 0 Å². The number of rotatable bonds is 6. The van der Waals surface area contributed by atoms with Crippen molar-refractivity contribution < 1.29 is 22.7 Å². The number of H-pyrrole nitrogens is 1. The molecule has 3 fully saturated rings. The first-order chi connectivity index (χ1) is 20.8. The van der Waals surface area contributed by atoms with Gasteiger partial charge in [-0.3, -0.25) is 5.43 Å². The van der Waals surface area contributed by atoms with E-state index in [1.54, 1.807) is 18.2 Å². The van der Waals surface area contributed by atoms with Crippen molar-refractivity contribution in [3.05, 3.63) is 64.6 Å². The van der Waals surface area contributed by atoms with Gasteiger partial charge >= 0.3 is 0 Å². The molecule has 0 amide bonds. The van der Waals surface area contributed by atoms with Gasteiger partial charge in [-0.05, 0) is 72.9 Å². The molecule has 1 aromatic carbocycles. The van der Waals surface area contributed by atoms with Crippen LogP contribution in [0.4, 0.5) is 10.2 Å². The molecule has 4 aliphatic rings. The van der Waals surface area contributed by atoms with Crippen molar-refractivity contribution in [1.82, 2.24) is 30.1 Å². The molecular weight excluding hydrogens is 573 g/mol. The SMILES string of the molecule is CCc1cc(O)c(F)cc1C1CCC2C(C1)NNC2c1nc2c([nH]1)CN(S(=O)(=O)c1ccc(N3CCOCC3)nc1)CC2. The number of hydrazine groups is 1. The number of halogens is 1. The molecule has 0 spiro atoms. The normalized spacial score (nSPS) is 26.3. The van der Waals surface area contributed by atoms with E-state index in [-0.39, 0.29) is 35.2 Å². The lowest BCUT2D eigenvalue weighted by atomic mass is 9.73. The Labute approximate surface area is 250 Å².